The second-order valence-electron chi connectivity index (χ2n) is 6.63. The van der Waals surface area contributed by atoms with Crippen LogP contribution in [0.2, 0.25) is 0 Å². The van der Waals surface area contributed by atoms with E-state index < -0.39 is 11.7 Å². The van der Waals surface area contributed by atoms with Crippen LogP contribution < -0.4 is 5.32 Å². The van der Waals surface area contributed by atoms with E-state index in [1.165, 1.54) is 12.1 Å². The monoisotopic (exact) mass is 367 g/mol. The highest BCUT2D eigenvalue weighted by Gasteiger charge is 2.30. The lowest BCUT2D eigenvalue weighted by molar-refractivity contribution is -0.137. The molecular weight excluding hydrogens is 347 g/mol. The molecule has 5 nitrogen and oxygen atoms in total. The van der Waals surface area contributed by atoms with Crippen LogP contribution in [0.3, 0.4) is 0 Å². The summed E-state index contributed by atoms with van der Waals surface area (Å²) in [5.74, 6) is -0.290. The Bertz CT molecular complexity index is 748. The lowest BCUT2D eigenvalue weighted by atomic mass is 9.93. The summed E-state index contributed by atoms with van der Waals surface area (Å²) in [6.45, 7) is 0. The molecule has 3 rings (SSSR count). The molecule has 26 heavy (non-hydrogen) atoms. The van der Waals surface area contributed by atoms with Gasteiger partial charge in [0.1, 0.15) is 5.69 Å². The minimum absolute atomic E-state index is 0.0287. The molecule has 1 fully saturated rings. The number of rotatable bonds is 4. The highest BCUT2D eigenvalue weighted by atomic mass is 19.4. The standard InChI is InChI=1S/C18H20F3N3O2/c19-18(20,21)12-3-1-11(2-4-12)9-14-10-16(24-23-14)17(26)22-13-5-7-15(25)8-6-13/h1-4,10,13,15,25H,5-9H2,(H,22,26)(H,23,24). The van der Waals surface area contributed by atoms with Crippen LogP contribution in [0.25, 0.3) is 0 Å². The normalized spacial score (nSPS) is 20.8. The molecule has 0 atom stereocenters. The number of aromatic nitrogens is 2. The first-order valence-corrected chi connectivity index (χ1v) is 8.50. The van der Waals surface area contributed by atoms with E-state index in [0.29, 0.717) is 30.5 Å². The van der Waals surface area contributed by atoms with Crippen molar-refractivity contribution in [1.82, 2.24) is 15.5 Å². The average Bonchev–Trinajstić information content (AvgIpc) is 3.05. The Morgan fingerprint density at radius 3 is 2.46 bits per heavy atom. The quantitative estimate of drug-likeness (QED) is 0.777. The van der Waals surface area contributed by atoms with Gasteiger partial charge in [-0.2, -0.15) is 18.3 Å². The molecule has 0 spiro atoms. The van der Waals surface area contributed by atoms with Gasteiger partial charge in [-0.25, -0.2) is 0 Å². The molecule has 0 unspecified atom stereocenters. The predicted octanol–water partition coefficient (Wildman–Crippen LogP) is 3.05. The van der Waals surface area contributed by atoms with E-state index >= 15 is 0 Å². The summed E-state index contributed by atoms with van der Waals surface area (Å²) in [5.41, 5.74) is 0.894. The highest BCUT2D eigenvalue weighted by Crippen LogP contribution is 2.29. The van der Waals surface area contributed by atoms with Gasteiger partial charge in [0.2, 0.25) is 0 Å². The van der Waals surface area contributed by atoms with Gasteiger partial charge >= 0.3 is 6.18 Å². The number of amides is 1. The van der Waals surface area contributed by atoms with Crippen LogP contribution in [0.15, 0.2) is 30.3 Å². The number of nitrogens with one attached hydrogen (secondary N) is 2. The maximum atomic E-state index is 12.6. The third-order valence-electron chi connectivity index (χ3n) is 4.57. The minimum atomic E-state index is -4.35. The molecule has 1 amide bonds. The molecule has 0 aliphatic heterocycles. The number of alkyl halides is 3. The highest BCUT2D eigenvalue weighted by molar-refractivity contribution is 5.92. The molecule has 0 bridgehead atoms. The summed E-state index contributed by atoms with van der Waals surface area (Å²) in [6.07, 6.45) is -1.48. The minimum Gasteiger partial charge on any atom is -0.393 e. The summed E-state index contributed by atoms with van der Waals surface area (Å²) >= 11 is 0. The van der Waals surface area contributed by atoms with Crippen molar-refractivity contribution in [2.45, 2.75) is 50.4 Å². The van der Waals surface area contributed by atoms with Gasteiger partial charge in [0.25, 0.3) is 5.91 Å². The largest absolute Gasteiger partial charge is 0.416 e. The lowest BCUT2D eigenvalue weighted by Crippen LogP contribution is -2.38. The van der Waals surface area contributed by atoms with Crippen molar-refractivity contribution in [3.63, 3.8) is 0 Å². The second kappa shape index (κ2) is 7.49. The fourth-order valence-electron chi connectivity index (χ4n) is 3.08. The number of H-pyrrole nitrogens is 1. The van der Waals surface area contributed by atoms with E-state index in [9.17, 15) is 23.1 Å². The van der Waals surface area contributed by atoms with E-state index in [1.807, 2.05) is 0 Å². The van der Waals surface area contributed by atoms with Crippen molar-refractivity contribution in [1.29, 1.82) is 0 Å². The van der Waals surface area contributed by atoms with Crippen LogP contribution in [0.5, 0.6) is 0 Å². The van der Waals surface area contributed by atoms with Gasteiger partial charge in [0, 0.05) is 18.2 Å². The van der Waals surface area contributed by atoms with Gasteiger partial charge in [-0.1, -0.05) is 12.1 Å². The molecule has 140 valence electrons. The second-order valence-corrected chi connectivity index (χ2v) is 6.63. The molecule has 1 saturated carbocycles. The number of carbonyl (C=O) groups excluding carboxylic acids is 1. The van der Waals surface area contributed by atoms with E-state index in [0.717, 1.165) is 25.0 Å². The Morgan fingerprint density at radius 2 is 1.85 bits per heavy atom. The van der Waals surface area contributed by atoms with Crippen LogP contribution in [0.1, 0.15) is 53.0 Å². The molecule has 3 N–H and O–H groups in total. The Hall–Kier alpha value is -2.35. The molecular formula is C18H20F3N3O2. The van der Waals surface area contributed by atoms with Crippen molar-refractivity contribution in [2.24, 2.45) is 0 Å². The smallest absolute Gasteiger partial charge is 0.393 e. The first kappa shape index (κ1) is 18.4. The van der Waals surface area contributed by atoms with E-state index in [-0.39, 0.29) is 23.7 Å². The molecule has 2 aromatic rings. The lowest BCUT2D eigenvalue weighted by Gasteiger charge is -2.25. The first-order valence-electron chi connectivity index (χ1n) is 8.50. The van der Waals surface area contributed by atoms with Crippen molar-refractivity contribution in [3.05, 3.63) is 52.8 Å². The molecule has 1 aromatic carbocycles. The van der Waals surface area contributed by atoms with Gasteiger partial charge in [0.15, 0.2) is 0 Å². The van der Waals surface area contributed by atoms with Gasteiger partial charge in [0.05, 0.1) is 11.7 Å². The molecule has 1 aliphatic rings. The molecule has 8 heteroatoms. The summed E-state index contributed by atoms with van der Waals surface area (Å²) in [6, 6.07) is 6.53. The fourth-order valence-corrected chi connectivity index (χ4v) is 3.08. The summed E-state index contributed by atoms with van der Waals surface area (Å²) in [4.78, 5) is 12.2. The zero-order chi connectivity index (χ0) is 18.7. The SMILES string of the molecule is O=C(NC1CCC(O)CC1)c1cc(Cc2ccc(C(F)(F)F)cc2)[nH]n1. The first-order chi connectivity index (χ1) is 12.3. The average molecular weight is 367 g/mol. The van der Waals surface area contributed by atoms with E-state index in [2.05, 4.69) is 15.5 Å². The van der Waals surface area contributed by atoms with Crippen LogP contribution in [-0.4, -0.2) is 33.4 Å². The molecule has 1 aromatic heterocycles. The van der Waals surface area contributed by atoms with Crippen molar-refractivity contribution >= 4 is 5.91 Å². The fraction of sp³-hybridized carbons (Fsp3) is 0.444. The van der Waals surface area contributed by atoms with Gasteiger partial charge in [-0.05, 0) is 49.4 Å². The number of hydrogen-bond acceptors (Lipinski definition) is 3. The maximum Gasteiger partial charge on any atom is 0.416 e. The third-order valence-corrected chi connectivity index (χ3v) is 4.57. The number of aliphatic hydroxyl groups is 1. The number of carbonyl (C=O) groups is 1. The maximum absolute atomic E-state index is 12.6. The number of benzene rings is 1. The molecule has 0 saturated heterocycles. The molecule has 1 heterocycles. The zero-order valence-corrected chi connectivity index (χ0v) is 14.0. The Labute approximate surface area is 148 Å². The van der Waals surface area contributed by atoms with Crippen LogP contribution in [0.4, 0.5) is 13.2 Å². The summed E-state index contributed by atoms with van der Waals surface area (Å²) in [7, 11) is 0. The van der Waals surface area contributed by atoms with Crippen molar-refractivity contribution < 1.29 is 23.1 Å². The number of aromatic amines is 1. The van der Waals surface area contributed by atoms with E-state index in [1.54, 1.807) is 6.07 Å². The Kier molecular flexibility index (Phi) is 5.31. The van der Waals surface area contributed by atoms with Crippen LogP contribution in [-0.2, 0) is 12.6 Å². The Morgan fingerprint density at radius 1 is 1.19 bits per heavy atom. The number of halogens is 3. The van der Waals surface area contributed by atoms with Gasteiger partial charge in [-0.15, -0.1) is 0 Å². The Balaban J connectivity index is 1.58. The number of hydrogen-bond donors (Lipinski definition) is 3. The predicted molar refractivity (Wildman–Crippen MR) is 88.6 cm³/mol. The molecule has 1 aliphatic carbocycles. The topological polar surface area (TPSA) is 78.0 Å². The van der Waals surface area contributed by atoms with E-state index in [4.69, 9.17) is 0 Å². The number of nitrogens with zero attached hydrogens (tertiary/aromatic N) is 1. The summed E-state index contributed by atoms with van der Waals surface area (Å²) in [5, 5.41) is 19.1. The van der Waals surface area contributed by atoms with Crippen LogP contribution >= 0.6 is 0 Å². The van der Waals surface area contributed by atoms with Crippen molar-refractivity contribution in [3.8, 4) is 0 Å². The van der Waals surface area contributed by atoms with Gasteiger partial charge < -0.3 is 10.4 Å². The van der Waals surface area contributed by atoms with Crippen LogP contribution in [0, 0.1) is 0 Å². The zero-order valence-electron chi connectivity index (χ0n) is 14.0. The number of aliphatic hydroxyl groups excluding tert-OH is 1. The van der Waals surface area contributed by atoms with Crippen molar-refractivity contribution in [2.75, 3.05) is 0 Å². The van der Waals surface area contributed by atoms with Gasteiger partial charge in [-0.3, -0.25) is 9.89 Å². The third kappa shape index (κ3) is 4.63. The molecule has 0 radical (unpaired) electrons. The summed E-state index contributed by atoms with van der Waals surface area (Å²) < 4.78 is 37.7.